The molecule has 0 aromatic rings. The highest BCUT2D eigenvalue weighted by Crippen LogP contribution is 2.20. The molecular weight excluding hydrogens is 246 g/mol. The molecule has 1 heterocycles. The van der Waals surface area contributed by atoms with Gasteiger partial charge >= 0.3 is 5.97 Å². The fourth-order valence-corrected chi connectivity index (χ4v) is 1.68. The molecule has 0 radical (unpaired) electrons. The number of halogens is 1. The number of rotatable bonds is 3. The highest BCUT2D eigenvalue weighted by molar-refractivity contribution is 5.85. The first kappa shape index (κ1) is 16.6. The highest BCUT2D eigenvalue weighted by atomic mass is 35.5. The zero-order valence-corrected chi connectivity index (χ0v) is 11.6. The molecule has 1 aliphatic rings. The van der Waals surface area contributed by atoms with E-state index in [1.807, 2.05) is 25.7 Å². The van der Waals surface area contributed by atoms with Crippen LogP contribution in [0.3, 0.4) is 0 Å². The average molecular weight is 268 g/mol. The van der Waals surface area contributed by atoms with Crippen molar-refractivity contribution in [3.8, 4) is 0 Å². The zero-order chi connectivity index (χ0) is 12.3. The molecule has 17 heavy (non-hydrogen) atoms. The Morgan fingerprint density at radius 2 is 2.06 bits per heavy atom. The summed E-state index contributed by atoms with van der Waals surface area (Å²) in [7, 11) is 1.36. The number of hydrogen-bond donors (Lipinski definition) is 1. The van der Waals surface area contributed by atoms with E-state index in [2.05, 4.69) is 0 Å². The van der Waals surface area contributed by atoms with Gasteiger partial charge in [-0.25, -0.2) is 0 Å². The van der Waals surface area contributed by atoms with Crippen LogP contribution in [0.2, 0.25) is 0 Å². The highest BCUT2D eigenvalue weighted by Gasteiger charge is 2.37. The molecule has 2 atom stereocenters. The van der Waals surface area contributed by atoms with Crippen molar-refractivity contribution < 1.29 is 19.4 Å². The monoisotopic (exact) mass is 267 g/mol. The van der Waals surface area contributed by atoms with Gasteiger partial charge in [0.1, 0.15) is 12.8 Å². The Morgan fingerprint density at radius 3 is 2.53 bits per heavy atom. The van der Waals surface area contributed by atoms with E-state index in [-0.39, 0.29) is 30.0 Å². The lowest BCUT2D eigenvalue weighted by Gasteiger charge is -2.27. The summed E-state index contributed by atoms with van der Waals surface area (Å²) in [6.45, 7) is 6.64. The van der Waals surface area contributed by atoms with Crippen molar-refractivity contribution in [1.82, 2.24) is 4.90 Å². The normalized spacial score (nSPS) is 25.5. The molecular formula is C11H22ClNO4. The van der Waals surface area contributed by atoms with Gasteiger partial charge < -0.3 is 14.6 Å². The third kappa shape index (κ3) is 5.21. The van der Waals surface area contributed by atoms with E-state index in [9.17, 15) is 9.90 Å². The van der Waals surface area contributed by atoms with Crippen LogP contribution in [0.5, 0.6) is 0 Å². The second-order valence-corrected chi connectivity index (χ2v) is 5.09. The maximum atomic E-state index is 11.5. The van der Waals surface area contributed by atoms with E-state index in [4.69, 9.17) is 9.47 Å². The number of hydrogen-bond acceptors (Lipinski definition) is 5. The Hall–Kier alpha value is -0.360. The lowest BCUT2D eigenvalue weighted by atomic mass is 10.2. The summed E-state index contributed by atoms with van der Waals surface area (Å²) in [5.74, 6) is -0.311. The molecule has 1 fully saturated rings. The van der Waals surface area contributed by atoms with Crippen LogP contribution in [0.1, 0.15) is 27.2 Å². The van der Waals surface area contributed by atoms with Crippen molar-refractivity contribution in [2.24, 2.45) is 0 Å². The van der Waals surface area contributed by atoms with E-state index in [0.717, 1.165) is 0 Å². The fraction of sp³-hybridized carbons (Fsp3) is 0.909. The van der Waals surface area contributed by atoms with E-state index in [1.165, 1.54) is 7.11 Å². The van der Waals surface area contributed by atoms with Gasteiger partial charge in [-0.3, -0.25) is 9.69 Å². The lowest BCUT2D eigenvalue weighted by molar-refractivity contribution is -0.150. The average Bonchev–Trinajstić information content (AvgIpc) is 2.54. The smallest absolute Gasteiger partial charge is 0.323 e. The fourth-order valence-electron chi connectivity index (χ4n) is 1.68. The van der Waals surface area contributed by atoms with Crippen LogP contribution in [-0.4, -0.2) is 54.1 Å². The van der Waals surface area contributed by atoms with Crippen molar-refractivity contribution in [1.29, 1.82) is 0 Å². The predicted octanol–water partition coefficient (Wildman–Crippen LogP) is 0.789. The number of β-amino-alcohol motifs (C(OH)–C–C–N with tert-alkyl or cyclic N) is 1. The van der Waals surface area contributed by atoms with E-state index in [0.29, 0.717) is 19.7 Å². The van der Waals surface area contributed by atoms with Crippen LogP contribution in [0.4, 0.5) is 0 Å². The zero-order valence-electron chi connectivity index (χ0n) is 10.8. The molecule has 1 N–H and O–H groups in total. The molecule has 0 aliphatic carbocycles. The van der Waals surface area contributed by atoms with Crippen LogP contribution < -0.4 is 0 Å². The van der Waals surface area contributed by atoms with Gasteiger partial charge in [0, 0.05) is 13.0 Å². The minimum absolute atomic E-state index is 0. The summed E-state index contributed by atoms with van der Waals surface area (Å²) < 4.78 is 10.3. The summed E-state index contributed by atoms with van der Waals surface area (Å²) >= 11 is 0. The molecule has 6 heteroatoms. The quantitative estimate of drug-likeness (QED) is 0.766. The van der Waals surface area contributed by atoms with Gasteiger partial charge in [0.2, 0.25) is 0 Å². The molecule has 1 rings (SSSR count). The number of nitrogens with zero attached hydrogens (tertiary/aromatic N) is 1. The molecule has 0 saturated carbocycles. The number of aliphatic hydroxyl groups excluding tert-OH is 1. The Kier molecular flexibility index (Phi) is 6.40. The van der Waals surface area contributed by atoms with Gasteiger partial charge in [-0.05, 0) is 20.8 Å². The number of aliphatic hydroxyl groups is 1. The second kappa shape index (κ2) is 6.54. The SMILES string of the molecule is COC(=O)[C@@H]1C[C@@H](O)CN1COC(C)(C)C.Cl. The molecule has 0 aromatic heterocycles. The van der Waals surface area contributed by atoms with Gasteiger partial charge in [-0.2, -0.15) is 0 Å². The number of likely N-dealkylation sites (tertiary alicyclic amines) is 1. The third-order valence-corrected chi connectivity index (χ3v) is 2.52. The first-order valence-corrected chi connectivity index (χ1v) is 5.47. The Bertz CT molecular complexity index is 254. The molecule has 1 saturated heterocycles. The minimum Gasteiger partial charge on any atom is -0.468 e. The Labute approximate surface area is 108 Å². The van der Waals surface area contributed by atoms with Crippen LogP contribution >= 0.6 is 12.4 Å². The van der Waals surface area contributed by atoms with Crippen LogP contribution in [0, 0.1) is 0 Å². The number of ether oxygens (including phenoxy) is 2. The standard InChI is InChI=1S/C11H21NO4.ClH/c1-11(2,3)16-7-12-6-8(13)5-9(12)10(14)15-4;/h8-9,13H,5-7H2,1-4H3;1H/t8-,9+;/m1./s1. The van der Waals surface area contributed by atoms with Crippen LogP contribution in [0.15, 0.2) is 0 Å². The summed E-state index contributed by atoms with van der Waals surface area (Å²) in [5, 5.41) is 9.54. The topological polar surface area (TPSA) is 59.0 Å². The summed E-state index contributed by atoms with van der Waals surface area (Å²) in [6.07, 6.45) is -0.0622. The van der Waals surface area contributed by atoms with Gasteiger partial charge in [0.25, 0.3) is 0 Å². The molecule has 1 aliphatic heterocycles. The maximum Gasteiger partial charge on any atom is 0.323 e. The van der Waals surface area contributed by atoms with Gasteiger partial charge in [0.05, 0.1) is 18.8 Å². The molecule has 102 valence electrons. The van der Waals surface area contributed by atoms with Crippen LogP contribution in [-0.2, 0) is 14.3 Å². The van der Waals surface area contributed by atoms with Crippen molar-refractivity contribution in [2.75, 3.05) is 20.4 Å². The summed E-state index contributed by atoms with van der Waals surface area (Å²) in [5.41, 5.74) is -0.256. The van der Waals surface area contributed by atoms with E-state index < -0.39 is 6.10 Å². The van der Waals surface area contributed by atoms with Gasteiger partial charge in [-0.15, -0.1) is 12.4 Å². The predicted molar refractivity (Wildman–Crippen MR) is 66.1 cm³/mol. The molecule has 0 bridgehead atoms. The van der Waals surface area contributed by atoms with E-state index in [1.54, 1.807) is 0 Å². The number of carbonyl (C=O) groups is 1. The largest absolute Gasteiger partial charge is 0.468 e. The second-order valence-electron chi connectivity index (χ2n) is 5.09. The van der Waals surface area contributed by atoms with Crippen molar-refractivity contribution in [3.05, 3.63) is 0 Å². The van der Waals surface area contributed by atoms with Crippen molar-refractivity contribution in [2.45, 2.75) is 44.9 Å². The number of esters is 1. The third-order valence-electron chi connectivity index (χ3n) is 2.52. The number of methoxy groups -OCH3 is 1. The van der Waals surface area contributed by atoms with Crippen molar-refractivity contribution in [3.63, 3.8) is 0 Å². The molecule has 5 nitrogen and oxygen atoms in total. The summed E-state index contributed by atoms with van der Waals surface area (Å²) in [6, 6.07) is -0.387. The summed E-state index contributed by atoms with van der Waals surface area (Å²) in [4.78, 5) is 13.3. The molecule has 0 unspecified atom stereocenters. The lowest BCUT2D eigenvalue weighted by Crippen LogP contribution is -2.40. The first-order valence-electron chi connectivity index (χ1n) is 5.47. The van der Waals surface area contributed by atoms with Crippen LogP contribution in [0.25, 0.3) is 0 Å². The van der Waals surface area contributed by atoms with E-state index >= 15 is 0 Å². The molecule has 0 amide bonds. The molecule has 0 spiro atoms. The molecule has 0 aromatic carbocycles. The number of carbonyl (C=O) groups excluding carboxylic acids is 1. The Balaban J connectivity index is 0.00000256. The van der Waals surface area contributed by atoms with Gasteiger partial charge in [-0.1, -0.05) is 0 Å². The Morgan fingerprint density at radius 1 is 1.47 bits per heavy atom. The first-order chi connectivity index (χ1) is 7.33. The van der Waals surface area contributed by atoms with Gasteiger partial charge in [0.15, 0.2) is 0 Å². The minimum atomic E-state index is -0.479. The van der Waals surface area contributed by atoms with Crippen molar-refractivity contribution >= 4 is 18.4 Å². The maximum absolute atomic E-state index is 11.5.